The van der Waals surface area contributed by atoms with Crippen molar-refractivity contribution in [1.82, 2.24) is 5.06 Å². The van der Waals surface area contributed by atoms with Gasteiger partial charge < -0.3 is 19.7 Å². The lowest BCUT2D eigenvalue weighted by molar-refractivity contribution is -0.201. The molecule has 0 spiro atoms. The van der Waals surface area contributed by atoms with Gasteiger partial charge in [0, 0.05) is 39.9 Å². The van der Waals surface area contributed by atoms with E-state index in [1.165, 1.54) is 28.7 Å². The fourth-order valence-corrected chi connectivity index (χ4v) is 8.86. The molecule has 0 aliphatic carbocycles. The number of nitrogens with zero attached hydrogens (tertiary/aromatic N) is 3. The molecule has 0 radical (unpaired) electrons. The van der Waals surface area contributed by atoms with Gasteiger partial charge in [-0.05, 0) is 95.5 Å². The van der Waals surface area contributed by atoms with Gasteiger partial charge in [0.2, 0.25) is 11.8 Å². The van der Waals surface area contributed by atoms with Gasteiger partial charge in [-0.1, -0.05) is 0 Å². The van der Waals surface area contributed by atoms with Crippen LogP contribution < -0.4 is 9.80 Å². The summed E-state index contributed by atoms with van der Waals surface area (Å²) in [4.78, 5) is 40.8. The molecule has 1 N–H and O–H groups in total. The van der Waals surface area contributed by atoms with Gasteiger partial charge >= 0.3 is 5.97 Å². The molecule has 8 nitrogen and oxygen atoms in total. The molecule has 1 atom stereocenters. The normalized spacial score (nSPS) is 19.6. The first-order chi connectivity index (χ1) is 14.5. The molecule has 11 heteroatoms. The quantitative estimate of drug-likeness (QED) is 0.354. The Labute approximate surface area is 229 Å². The monoisotopic (exact) mass is 783 g/mol. The predicted octanol–water partition coefficient (Wildman–Crippen LogP) is 4.64. The van der Waals surface area contributed by atoms with Crippen LogP contribution in [-0.2, 0) is 14.3 Å². The summed E-state index contributed by atoms with van der Waals surface area (Å²) < 4.78 is 7.77. The number of anilines is 2. The number of ether oxygens (including phenoxy) is 1. The zero-order valence-electron chi connectivity index (χ0n) is 19.3. The Morgan fingerprint density at radius 2 is 1.34 bits per heavy atom. The third-order valence-corrected chi connectivity index (χ3v) is 9.05. The number of amides is 2. The summed E-state index contributed by atoms with van der Waals surface area (Å²) in [5.74, 6) is -0.962. The van der Waals surface area contributed by atoms with Crippen molar-refractivity contribution >= 4 is 96.9 Å². The lowest BCUT2D eigenvalue weighted by Gasteiger charge is -2.35. The predicted molar refractivity (Wildman–Crippen MR) is 148 cm³/mol. The number of hydroxylamine groups is 2. The maximum Gasteiger partial charge on any atom is 0.340 e. The van der Waals surface area contributed by atoms with Crippen molar-refractivity contribution in [3.05, 3.63) is 16.3 Å². The smallest absolute Gasteiger partial charge is 0.340 e. The number of carbonyl (C=O) groups excluding carboxylic acids is 3. The van der Waals surface area contributed by atoms with Gasteiger partial charge in [-0.25, -0.2) is 4.79 Å². The number of halogens is 3. The van der Waals surface area contributed by atoms with E-state index in [2.05, 4.69) is 67.8 Å². The molecule has 1 heterocycles. The van der Waals surface area contributed by atoms with Gasteiger partial charge in [-0.2, -0.15) is 5.06 Å². The van der Waals surface area contributed by atoms with Crippen LogP contribution in [-0.4, -0.2) is 59.3 Å². The largest absolute Gasteiger partial charge is 0.457 e. The molecule has 178 valence electrons. The fraction of sp³-hybridized carbons (Fsp3) is 0.571. The number of hydrogen-bond acceptors (Lipinski definition) is 6. The van der Waals surface area contributed by atoms with Gasteiger partial charge in [0.05, 0.1) is 33.2 Å². The number of esters is 1. The molecule has 0 saturated carbocycles. The van der Waals surface area contributed by atoms with Crippen LogP contribution in [0.5, 0.6) is 0 Å². The molecule has 0 bridgehead atoms. The molecule has 1 unspecified atom stereocenters. The van der Waals surface area contributed by atoms with Gasteiger partial charge in [0.15, 0.2) is 0 Å². The average Bonchev–Trinajstić information content (AvgIpc) is 2.80. The minimum absolute atomic E-state index is 0.201. The van der Waals surface area contributed by atoms with E-state index in [9.17, 15) is 19.6 Å². The van der Waals surface area contributed by atoms with E-state index in [1.807, 2.05) is 27.7 Å². The molecule has 1 aromatic rings. The van der Waals surface area contributed by atoms with Crippen LogP contribution in [0.3, 0.4) is 0 Å². The first-order valence-corrected chi connectivity index (χ1v) is 13.1. The molecule has 2 amide bonds. The van der Waals surface area contributed by atoms with E-state index in [0.717, 1.165) is 0 Å². The van der Waals surface area contributed by atoms with E-state index in [-0.39, 0.29) is 11.8 Å². The first-order valence-electron chi connectivity index (χ1n) is 9.86. The van der Waals surface area contributed by atoms with E-state index in [1.54, 1.807) is 14.1 Å². The molecule has 0 aromatic heterocycles. The van der Waals surface area contributed by atoms with Crippen molar-refractivity contribution in [2.45, 2.75) is 65.1 Å². The van der Waals surface area contributed by atoms with E-state index in [0.29, 0.717) is 34.1 Å². The minimum Gasteiger partial charge on any atom is -0.457 e. The van der Waals surface area contributed by atoms with Gasteiger partial charge in [0.25, 0.3) is 0 Å². The molecule has 1 aromatic carbocycles. The Bertz CT molecular complexity index is 933. The molecule has 32 heavy (non-hydrogen) atoms. The van der Waals surface area contributed by atoms with Crippen LogP contribution in [0.15, 0.2) is 0 Å². The molecule has 1 aliphatic heterocycles. The summed E-state index contributed by atoms with van der Waals surface area (Å²) >= 11 is 6.21. The van der Waals surface area contributed by atoms with Crippen molar-refractivity contribution in [2.75, 3.05) is 23.9 Å². The molecule has 1 saturated heterocycles. The molecule has 1 fully saturated rings. The van der Waals surface area contributed by atoms with Gasteiger partial charge in [-0.15, -0.1) is 0 Å². The zero-order valence-corrected chi connectivity index (χ0v) is 25.8. The highest BCUT2D eigenvalue weighted by molar-refractivity contribution is 14.1. The standard InChI is InChI=1S/C21H28I3N3O5/c1-10(28)25(7)17-14(22)13(15(23)18(16(17)24)26(8)11(2)29)19(30)32-12-9-20(3,4)27(31)21(12,5)6/h12,31H,9H2,1-8H3. The summed E-state index contributed by atoms with van der Waals surface area (Å²) in [5.41, 5.74) is 0.0497. The second-order valence-electron chi connectivity index (χ2n) is 9.05. The third-order valence-electron chi connectivity index (χ3n) is 5.93. The topological polar surface area (TPSA) is 90.4 Å². The van der Waals surface area contributed by atoms with Crippen molar-refractivity contribution in [3.8, 4) is 0 Å². The number of hydrogen-bond donors (Lipinski definition) is 1. The van der Waals surface area contributed by atoms with E-state index in [4.69, 9.17) is 4.74 Å². The highest BCUT2D eigenvalue weighted by atomic mass is 127. The molecule has 1 aliphatic rings. The Morgan fingerprint density at radius 1 is 0.938 bits per heavy atom. The summed E-state index contributed by atoms with van der Waals surface area (Å²) in [5, 5.41) is 11.8. The highest BCUT2D eigenvalue weighted by Crippen LogP contribution is 2.44. The first kappa shape index (κ1) is 28.0. The van der Waals surface area contributed by atoms with Crippen LogP contribution in [0.4, 0.5) is 11.4 Å². The van der Waals surface area contributed by atoms with Gasteiger partial charge in [-0.3, -0.25) is 9.59 Å². The lowest BCUT2D eigenvalue weighted by atomic mass is 9.97. The fourth-order valence-electron chi connectivity index (χ4n) is 3.80. The number of rotatable bonds is 4. The number of benzene rings is 1. The van der Waals surface area contributed by atoms with Crippen LogP contribution >= 0.6 is 67.8 Å². The second kappa shape index (κ2) is 9.77. The van der Waals surface area contributed by atoms with Crippen molar-refractivity contribution < 1.29 is 24.3 Å². The SMILES string of the molecule is CC(=O)N(C)c1c(I)c(C(=O)OC2CC(C)(C)N(O)C2(C)C)c(I)c(N(C)C(C)=O)c1I. The van der Waals surface area contributed by atoms with Crippen LogP contribution in [0.25, 0.3) is 0 Å². The van der Waals surface area contributed by atoms with Crippen molar-refractivity contribution in [3.63, 3.8) is 0 Å². The zero-order chi connectivity index (χ0) is 24.9. The van der Waals surface area contributed by atoms with E-state index >= 15 is 0 Å². The molecule has 2 rings (SSSR count). The summed E-state index contributed by atoms with van der Waals surface area (Å²) in [6, 6.07) is 0. The van der Waals surface area contributed by atoms with Crippen LogP contribution in [0.2, 0.25) is 0 Å². The van der Waals surface area contributed by atoms with Crippen LogP contribution in [0.1, 0.15) is 58.3 Å². The second-order valence-corrected chi connectivity index (χ2v) is 12.3. The summed E-state index contributed by atoms with van der Waals surface area (Å²) in [7, 11) is 3.27. The average molecular weight is 783 g/mol. The maximum absolute atomic E-state index is 13.5. The Hall–Kier alpha value is -0.260. The Morgan fingerprint density at radius 3 is 1.66 bits per heavy atom. The number of carbonyl (C=O) groups is 3. The van der Waals surface area contributed by atoms with Crippen LogP contribution in [0, 0.1) is 10.7 Å². The third kappa shape index (κ3) is 4.91. The van der Waals surface area contributed by atoms with E-state index < -0.39 is 23.2 Å². The Balaban J connectivity index is 2.68. The lowest BCUT2D eigenvalue weighted by Crippen LogP contribution is -2.49. The molecular formula is C21H28I3N3O5. The highest BCUT2D eigenvalue weighted by Gasteiger charge is 2.53. The maximum atomic E-state index is 13.5. The summed E-state index contributed by atoms with van der Waals surface area (Å²) in [6.45, 7) is 10.3. The van der Waals surface area contributed by atoms with Crippen molar-refractivity contribution in [2.24, 2.45) is 0 Å². The summed E-state index contributed by atoms with van der Waals surface area (Å²) in [6.07, 6.45) is -0.0935. The minimum atomic E-state index is -0.781. The van der Waals surface area contributed by atoms with Crippen molar-refractivity contribution in [1.29, 1.82) is 0 Å². The van der Waals surface area contributed by atoms with Gasteiger partial charge in [0.1, 0.15) is 6.10 Å². The molecular weight excluding hydrogens is 755 g/mol. The Kier molecular flexibility index (Phi) is 8.55.